The Labute approximate surface area is 116 Å². The van der Waals surface area contributed by atoms with Crippen LogP contribution >= 0.6 is 0 Å². The maximum Gasteiger partial charge on any atom is 0.354 e. The Morgan fingerprint density at radius 3 is 2.70 bits per heavy atom. The smallest absolute Gasteiger partial charge is 0.354 e. The molecule has 0 amide bonds. The monoisotopic (exact) mass is 275 g/mol. The lowest BCUT2D eigenvalue weighted by Gasteiger charge is -2.09. The highest BCUT2D eigenvalue weighted by Crippen LogP contribution is 2.27. The van der Waals surface area contributed by atoms with Crippen molar-refractivity contribution < 1.29 is 20.1 Å². The molecule has 0 aliphatic carbocycles. The standard InChI is InChI=1S/C15H17NO4/c17-8-3-1-2-5-10-9-12(15(19)20)16-14-11(10)6-4-7-13(14)18/h4,6-7,9,17-18H,1-3,5,8H2,(H,19,20). The van der Waals surface area contributed by atoms with Gasteiger partial charge < -0.3 is 15.3 Å². The van der Waals surface area contributed by atoms with E-state index in [0.29, 0.717) is 11.9 Å². The molecule has 0 atom stereocenters. The summed E-state index contributed by atoms with van der Waals surface area (Å²) in [4.78, 5) is 15.1. The number of hydrogen-bond donors (Lipinski definition) is 3. The third-order valence-electron chi connectivity index (χ3n) is 3.23. The number of aromatic carboxylic acids is 1. The Morgan fingerprint density at radius 2 is 2.00 bits per heavy atom. The number of phenols is 1. The molecule has 0 aliphatic heterocycles. The van der Waals surface area contributed by atoms with Crippen LogP contribution in [0.5, 0.6) is 5.75 Å². The van der Waals surface area contributed by atoms with Crippen molar-refractivity contribution >= 4 is 16.9 Å². The largest absolute Gasteiger partial charge is 0.506 e. The second-order valence-electron chi connectivity index (χ2n) is 4.68. The van der Waals surface area contributed by atoms with Crippen molar-refractivity contribution in [3.8, 4) is 5.75 Å². The van der Waals surface area contributed by atoms with E-state index < -0.39 is 5.97 Å². The maximum absolute atomic E-state index is 11.1. The van der Waals surface area contributed by atoms with Gasteiger partial charge in [0.25, 0.3) is 0 Å². The number of phenolic OH excluding ortho intramolecular Hbond substituents is 1. The average molecular weight is 275 g/mol. The highest BCUT2D eigenvalue weighted by Gasteiger charge is 2.12. The molecule has 1 heterocycles. The van der Waals surface area contributed by atoms with Crippen molar-refractivity contribution in [1.29, 1.82) is 0 Å². The highest BCUT2D eigenvalue weighted by molar-refractivity contribution is 5.93. The minimum absolute atomic E-state index is 0.0118. The molecule has 0 saturated heterocycles. The first-order chi connectivity index (χ1) is 9.63. The van der Waals surface area contributed by atoms with Crippen LogP contribution in [0, 0.1) is 0 Å². The fourth-order valence-corrected chi connectivity index (χ4v) is 2.22. The number of carboxylic acid groups (broad SMARTS) is 1. The molecule has 106 valence electrons. The van der Waals surface area contributed by atoms with Gasteiger partial charge >= 0.3 is 5.97 Å². The van der Waals surface area contributed by atoms with Crippen molar-refractivity contribution in [1.82, 2.24) is 4.98 Å². The van der Waals surface area contributed by atoms with Gasteiger partial charge in [-0.3, -0.25) is 0 Å². The van der Waals surface area contributed by atoms with E-state index in [1.165, 1.54) is 6.07 Å². The van der Waals surface area contributed by atoms with Gasteiger partial charge in [-0.1, -0.05) is 18.6 Å². The topological polar surface area (TPSA) is 90.7 Å². The van der Waals surface area contributed by atoms with E-state index >= 15 is 0 Å². The minimum atomic E-state index is -1.10. The van der Waals surface area contributed by atoms with Gasteiger partial charge in [-0.15, -0.1) is 0 Å². The number of aromatic nitrogens is 1. The molecule has 3 N–H and O–H groups in total. The number of nitrogens with zero attached hydrogens (tertiary/aromatic N) is 1. The summed E-state index contributed by atoms with van der Waals surface area (Å²) in [6, 6.07) is 6.60. The van der Waals surface area contributed by atoms with Crippen LogP contribution in [-0.4, -0.2) is 32.9 Å². The summed E-state index contributed by atoms with van der Waals surface area (Å²) in [5.41, 5.74) is 1.13. The van der Waals surface area contributed by atoms with Gasteiger partial charge in [0.2, 0.25) is 0 Å². The number of aliphatic hydroxyl groups excluding tert-OH is 1. The van der Waals surface area contributed by atoms with Crippen LogP contribution in [-0.2, 0) is 6.42 Å². The lowest BCUT2D eigenvalue weighted by atomic mass is 10.0. The molecular formula is C15H17NO4. The van der Waals surface area contributed by atoms with Gasteiger partial charge in [-0.2, -0.15) is 0 Å². The summed E-state index contributed by atoms with van der Waals surface area (Å²) in [6.07, 6.45) is 3.17. The van der Waals surface area contributed by atoms with Crippen LogP contribution in [0.15, 0.2) is 24.3 Å². The predicted molar refractivity (Wildman–Crippen MR) is 75.0 cm³/mol. The fraction of sp³-hybridized carbons (Fsp3) is 0.333. The normalized spacial score (nSPS) is 10.8. The van der Waals surface area contributed by atoms with Crippen LogP contribution in [0.4, 0.5) is 0 Å². The fourth-order valence-electron chi connectivity index (χ4n) is 2.22. The van der Waals surface area contributed by atoms with Crippen LogP contribution in [0.1, 0.15) is 35.3 Å². The van der Waals surface area contributed by atoms with Crippen molar-refractivity contribution in [3.05, 3.63) is 35.5 Å². The number of carboxylic acids is 1. The molecule has 2 rings (SSSR count). The average Bonchev–Trinajstić information content (AvgIpc) is 2.44. The lowest BCUT2D eigenvalue weighted by Crippen LogP contribution is -2.03. The van der Waals surface area contributed by atoms with Crippen LogP contribution < -0.4 is 0 Å². The molecule has 1 aromatic carbocycles. The first kappa shape index (κ1) is 14.3. The predicted octanol–water partition coefficient (Wildman–Crippen LogP) is 2.34. The molecule has 20 heavy (non-hydrogen) atoms. The molecule has 5 nitrogen and oxygen atoms in total. The number of unbranched alkanes of at least 4 members (excludes halogenated alkanes) is 2. The van der Waals surface area contributed by atoms with E-state index in [2.05, 4.69) is 4.98 Å². The number of benzene rings is 1. The Hall–Kier alpha value is -2.14. The Morgan fingerprint density at radius 1 is 1.20 bits per heavy atom. The summed E-state index contributed by atoms with van der Waals surface area (Å²) < 4.78 is 0. The third-order valence-corrected chi connectivity index (χ3v) is 3.23. The number of aryl methyl sites for hydroxylation is 1. The van der Waals surface area contributed by atoms with Crippen LogP contribution in [0.2, 0.25) is 0 Å². The number of aromatic hydroxyl groups is 1. The van der Waals surface area contributed by atoms with Gasteiger partial charge in [-0.05, 0) is 37.0 Å². The molecule has 2 aromatic rings. The number of aliphatic hydroxyl groups is 1. The van der Waals surface area contributed by atoms with E-state index in [0.717, 1.165) is 30.2 Å². The molecule has 5 heteroatoms. The first-order valence-electron chi connectivity index (χ1n) is 6.59. The lowest BCUT2D eigenvalue weighted by molar-refractivity contribution is 0.0691. The van der Waals surface area contributed by atoms with Gasteiger partial charge in [0.15, 0.2) is 0 Å². The van der Waals surface area contributed by atoms with Crippen LogP contribution in [0.25, 0.3) is 10.9 Å². The molecule has 0 saturated carbocycles. The summed E-state index contributed by atoms with van der Waals surface area (Å²) in [5.74, 6) is -1.12. The molecule has 0 unspecified atom stereocenters. The molecule has 0 aliphatic rings. The summed E-state index contributed by atoms with van der Waals surface area (Å²) >= 11 is 0. The number of rotatable bonds is 6. The Bertz CT molecular complexity index is 625. The SMILES string of the molecule is O=C(O)c1cc(CCCCCO)c2cccc(O)c2n1. The molecule has 0 fully saturated rings. The number of hydrogen-bond acceptors (Lipinski definition) is 4. The summed E-state index contributed by atoms with van der Waals surface area (Å²) in [5, 5.41) is 28.5. The van der Waals surface area contributed by atoms with Crippen molar-refractivity contribution in [2.45, 2.75) is 25.7 Å². The van der Waals surface area contributed by atoms with Crippen molar-refractivity contribution in [2.75, 3.05) is 6.61 Å². The quantitative estimate of drug-likeness (QED) is 0.704. The first-order valence-corrected chi connectivity index (χ1v) is 6.59. The minimum Gasteiger partial charge on any atom is -0.506 e. The van der Waals surface area contributed by atoms with E-state index in [9.17, 15) is 9.90 Å². The van der Waals surface area contributed by atoms with E-state index in [4.69, 9.17) is 10.2 Å². The van der Waals surface area contributed by atoms with Crippen molar-refractivity contribution in [3.63, 3.8) is 0 Å². The summed E-state index contributed by atoms with van der Waals surface area (Å²) in [6.45, 7) is 0.165. The molecule has 0 bridgehead atoms. The Balaban J connectivity index is 2.40. The molecule has 0 radical (unpaired) electrons. The van der Waals surface area contributed by atoms with Gasteiger partial charge in [0.05, 0.1) is 0 Å². The van der Waals surface area contributed by atoms with E-state index in [1.807, 2.05) is 6.07 Å². The molecular weight excluding hydrogens is 258 g/mol. The molecule has 1 aromatic heterocycles. The second kappa shape index (κ2) is 6.34. The number of fused-ring (bicyclic) bond motifs is 1. The third kappa shape index (κ3) is 3.05. The van der Waals surface area contributed by atoms with E-state index in [1.54, 1.807) is 12.1 Å². The zero-order chi connectivity index (χ0) is 14.5. The zero-order valence-corrected chi connectivity index (χ0v) is 11.0. The second-order valence-corrected chi connectivity index (χ2v) is 4.68. The zero-order valence-electron chi connectivity index (χ0n) is 11.0. The maximum atomic E-state index is 11.1. The highest BCUT2D eigenvalue weighted by atomic mass is 16.4. The number of carbonyl (C=O) groups is 1. The van der Waals surface area contributed by atoms with Gasteiger partial charge in [-0.25, -0.2) is 9.78 Å². The Kier molecular flexibility index (Phi) is 4.53. The van der Waals surface area contributed by atoms with Crippen molar-refractivity contribution in [2.24, 2.45) is 0 Å². The number of para-hydroxylation sites is 1. The summed E-state index contributed by atoms with van der Waals surface area (Å²) in [7, 11) is 0. The van der Waals surface area contributed by atoms with Gasteiger partial charge in [0, 0.05) is 12.0 Å². The van der Waals surface area contributed by atoms with Gasteiger partial charge in [0.1, 0.15) is 17.0 Å². The number of pyridine rings is 1. The van der Waals surface area contributed by atoms with E-state index in [-0.39, 0.29) is 18.1 Å². The molecule has 0 spiro atoms. The van der Waals surface area contributed by atoms with Crippen LogP contribution in [0.3, 0.4) is 0 Å².